The molecule has 0 radical (unpaired) electrons. The van der Waals surface area contributed by atoms with E-state index in [1.54, 1.807) is 42.6 Å². The lowest BCUT2D eigenvalue weighted by Crippen LogP contribution is -2.25. The smallest absolute Gasteiger partial charge is 0.359 e. The van der Waals surface area contributed by atoms with Gasteiger partial charge in [-0.2, -0.15) is 9.78 Å². The Bertz CT molecular complexity index is 1360. The van der Waals surface area contributed by atoms with Crippen LogP contribution in [0.1, 0.15) is 23.0 Å². The van der Waals surface area contributed by atoms with Gasteiger partial charge < -0.3 is 10.1 Å². The highest BCUT2D eigenvalue weighted by atomic mass is 32.1. The van der Waals surface area contributed by atoms with Crippen LogP contribution in [0.5, 0.6) is 0 Å². The Balaban J connectivity index is 1.78. The molecule has 32 heavy (non-hydrogen) atoms. The molecule has 0 aliphatic heterocycles. The van der Waals surface area contributed by atoms with Gasteiger partial charge in [0.15, 0.2) is 5.69 Å². The van der Waals surface area contributed by atoms with Gasteiger partial charge in [-0.1, -0.05) is 48.5 Å². The molecule has 0 saturated heterocycles. The summed E-state index contributed by atoms with van der Waals surface area (Å²) < 4.78 is 6.28. The van der Waals surface area contributed by atoms with Crippen LogP contribution in [0.15, 0.2) is 76.9 Å². The summed E-state index contributed by atoms with van der Waals surface area (Å²) in [6.07, 6.45) is 3.07. The Morgan fingerprint density at radius 2 is 1.78 bits per heavy atom. The van der Waals surface area contributed by atoms with Crippen LogP contribution in [0.25, 0.3) is 22.5 Å². The predicted octanol–water partition coefficient (Wildman–Crippen LogP) is 4.28. The fraction of sp³-hybridized carbons (Fsp3) is 0.0833. The second kappa shape index (κ2) is 9.40. The van der Waals surface area contributed by atoms with E-state index in [-0.39, 0.29) is 17.7 Å². The maximum absolute atomic E-state index is 13.3. The molecule has 4 aromatic rings. The second-order valence-corrected chi connectivity index (χ2v) is 7.59. The van der Waals surface area contributed by atoms with Gasteiger partial charge in [0.2, 0.25) is 5.91 Å². The molecule has 0 bridgehead atoms. The minimum atomic E-state index is -0.637. The molecule has 8 heteroatoms. The highest BCUT2D eigenvalue weighted by Crippen LogP contribution is 2.30. The molecule has 0 spiro atoms. The zero-order chi connectivity index (χ0) is 22.5. The van der Waals surface area contributed by atoms with Crippen molar-refractivity contribution in [2.75, 3.05) is 11.9 Å². The monoisotopic (exact) mass is 445 g/mol. The molecular formula is C24H19N3O4S. The number of para-hydroxylation sites is 1. The lowest BCUT2D eigenvalue weighted by Gasteiger charge is -2.09. The van der Waals surface area contributed by atoms with Gasteiger partial charge >= 0.3 is 5.97 Å². The topological polar surface area (TPSA) is 90.3 Å². The van der Waals surface area contributed by atoms with Crippen LogP contribution in [0, 0.1) is 0 Å². The number of hydrogen-bond donors (Lipinski definition) is 1. The molecule has 2 heterocycles. The summed E-state index contributed by atoms with van der Waals surface area (Å²) in [5.74, 6) is -1.03. The Hall–Kier alpha value is -4.04. The highest BCUT2D eigenvalue weighted by molar-refractivity contribution is 7.16. The molecule has 2 aromatic carbocycles. The first kappa shape index (κ1) is 21.2. The van der Waals surface area contributed by atoms with E-state index in [1.807, 2.05) is 36.4 Å². The number of rotatable bonds is 6. The van der Waals surface area contributed by atoms with Crippen molar-refractivity contribution in [3.63, 3.8) is 0 Å². The van der Waals surface area contributed by atoms with Gasteiger partial charge in [-0.15, -0.1) is 11.3 Å². The van der Waals surface area contributed by atoms with Crippen LogP contribution in [0.3, 0.4) is 0 Å². The lowest BCUT2D eigenvalue weighted by atomic mass is 10.2. The van der Waals surface area contributed by atoms with Crippen molar-refractivity contribution in [3.05, 3.63) is 93.7 Å². The molecule has 1 N–H and O–H groups in total. The Morgan fingerprint density at radius 3 is 2.47 bits per heavy atom. The Morgan fingerprint density at radius 1 is 1.09 bits per heavy atom. The number of anilines is 1. The quantitative estimate of drug-likeness (QED) is 0.353. The lowest BCUT2D eigenvalue weighted by molar-refractivity contribution is -0.111. The average Bonchev–Trinajstić information content (AvgIpc) is 3.23. The highest BCUT2D eigenvalue weighted by Gasteiger charge is 2.22. The largest absolute Gasteiger partial charge is 0.461 e. The van der Waals surface area contributed by atoms with Gasteiger partial charge in [0.05, 0.1) is 17.7 Å². The molecule has 0 aliphatic rings. The van der Waals surface area contributed by atoms with E-state index in [0.717, 1.165) is 21.6 Å². The van der Waals surface area contributed by atoms with Gasteiger partial charge in [0, 0.05) is 16.8 Å². The molecule has 0 atom stereocenters. The minimum absolute atomic E-state index is 0.0156. The van der Waals surface area contributed by atoms with E-state index in [0.29, 0.717) is 16.1 Å². The summed E-state index contributed by atoms with van der Waals surface area (Å²) in [7, 11) is 0. The standard InChI is InChI=1S/C24H19N3O4S/c1-2-31-24(30)21-18-15-32-22(25-19(28)14-13-16-9-5-3-6-10-16)20(18)23(29)27(26-21)17-11-7-4-8-12-17/h3-15H,2H2,1H3,(H,25,28)/b14-13-. The minimum Gasteiger partial charge on any atom is -0.461 e. The number of fused-ring (bicyclic) bond motifs is 1. The number of thiophene rings is 1. The van der Waals surface area contributed by atoms with E-state index in [2.05, 4.69) is 10.4 Å². The Kier molecular flexibility index (Phi) is 6.23. The molecule has 0 fully saturated rings. The van der Waals surface area contributed by atoms with E-state index in [4.69, 9.17) is 4.74 Å². The van der Waals surface area contributed by atoms with Gasteiger partial charge in [-0.05, 0) is 30.7 Å². The Labute approximate surface area is 187 Å². The van der Waals surface area contributed by atoms with Gasteiger partial charge in [-0.3, -0.25) is 9.59 Å². The number of benzene rings is 2. The third-order valence-electron chi connectivity index (χ3n) is 4.59. The molecule has 0 unspecified atom stereocenters. The van der Waals surface area contributed by atoms with Crippen molar-refractivity contribution in [2.24, 2.45) is 0 Å². The third-order valence-corrected chi connectivity index (χ3v) is 5.48. The molecule has 7 nitrogen and oxygen atoms in total. The summed E-state index contributed by atoms with van der Waals surface area (Å²) in [6, 6.07) is 18.2. The summed E-state index contributed by atoms with van der Waals surface area (Å²) >= 11 is 1.15. The molecule has 1 amide bonds. The average molecular weight is 446 g/mol. The zero-order valence-electron chi connectivity index (χ0n) is 17.1. The number of hydrogen-bond acceptors (Lipinski definition) is 6. The number of esters is 1. The fourth-order valence-electron chi connectivity index (χ4n) is 3.13. The molecule has 0 aliphatic carbocycles. The van der Waals surface area contributed by atoms with Crippen molar-refractivity contribution in [3.8, 4) is 5.69 Å². The molecule has 160 valence electrons. The summed E-state index contributed by atoms with van der Waals surface area (Å²) in [5, 5.41) is 9.53. The number of carbonyl (C=O) groups excluding carboxylic acids is 2. The fourth-order valence-corrected chi connectivity index (χ4v) is 4.07. The van der Waals surface area contributed by atoms with Crippen molar-refractivity contribution in [1.29, 1.82) is 0 Å². The van der Waals surface area contributed by atoms with Crippen molar-refractivity contribution in [2.45, 2.75) is 6.92 Å². The first-order chi connectivity index (χ1) is 15.6. The van der Waals surface area contributed by atoms with Gasteiger partial charge in [0.25, 0.3) is 5.56 Å². The first-order valence-corrected chi connectivity index (χ1v) is 10.8. The van der Waals surface area contributed by atoms with Crippen LogP contribution in [0.2, 0.25) is 0 Å². The van der Waals surface area contributed by atoms with Crippen molar-refractivity contribution >= 4 is 45.1 Å². The molecule has 0 saturated carbocycles. The van der Waals surface area contributed by atoms with E-state index in [1.165, 1.54) is 6.08 Å². The number of carbonyl (C=O) groups is 2. The maximum atomic E-state index is 13.3. The predicted molar refractivity (Wildman–Crippen MR) is 125 cm³/mol. The summed E-state index contributed by atoms with van der Waals surface area (Å²) in [5.41, 5.74) is 0.945. The number of amides is 1. The van der Waals surface area contributed by atoms with Crippen LogP contribution < -0.4 is 10.9 Å². The van der Waals surface area contributed by atoms with Gasteiger partial charge in [0.1, 0.15) is 5.00 Å². The second-order valence-electron chi connectivity index (χ2n) is 6.71. The van der Waals surface area contributed by atoms with Crippen LogP contribution in [0.4, 0.5) is 5.00 Å². The van der Waals surface area contributed by atoms with E-state index >= 15 is 0 Å². The third kappa shape index (κ3) is 4.35. The summed E-state index contributed by atoms with van der Waals surface area (Å²) in [6.45, 7) is 1.87. The van der Waals surface area contributed by atoms with Crippen LogP contribution in [-0.2, 0) is 9.53 Å². The normalized spacial score (nSPS) is 11.0. The SMILES string of the molecule is CCOC(=O)c1nn(-c2ccccc2)c(=O)c2c(NC(=O)/C=C\c3ccccc3)scc12. The molecule has 2 aromatic heterocycles. The van der Waals surface area contributed by atoms with Crippen LogP contribution >= 0.6 is 11.3 Å². The number of nitrogens with one attached hydrogen (secondary N) is 1. The van der Waals surface area contributed by atoms with E-state index in [9.17, 15) is 14.4 Å². The first-order valence-electron chi connectivity index (χ1n) is 9.89. The van der Waals surface area contributed by atoms with Crippen molar-refractivity contribution < 1.29 is 14.3 Å². The number of aromatic nitrogens is 2. The molecule has 4 rings (SSSR count). The molecular weight excluding hydrogens is 426 g/mol. The van der Waals surface area contributed by atoms with Gasteiger partial charge in [-0.25, -0.2) is 4.79 Å². The number of nitrogens with zero attached hydrogens (tertiary/aromatic N) is 2. The van der Waals surface area contributed by atoms with Crippen LogP contribution in [-0.4, -0.2) is 28.3 Å². The van der Waals surface area contributed by atoms with E-state index < -0.39 is 17.4 Å². The summed E-state index contributed by atoms with van der Waals surface area (Å²) in [4.78, 5) is 38.3. The maximum Gasteiger partial charge on any atom is 0.359 e. The number of ether oxygens (including phenoxy) is 1. The van der Waals surface area contributed by atoms with Crippen molar-refractivity contribution in [1.82, 2.24) is 9.78 Å². The zero-order valence-corrected chi connectivity index (χ0v) is 18.0.